The highest BCUT2D eigenvalue weighted by molar-refractivity contribution is 6.31. The molecule has 4 saturated carbocycles. The lowest BCUT2D eigenvalue weighted by molar-refractivity contribution is -0.147. The van der Waals surface area contributed by atoms with Crippen LogP contribution in [0.4, 0.5) is 5.69 Å². The van der Waals surface area contributed by atoms with E-state index in [1.807, 2.05) is 19.1 Å². The summed E-state index contributed by atoms with van der Waals surface area (Å²) in [6.45, 7) is 3.63. The Kier molecular flexibility index (Phi) is 4.50. The van der Waals surface area contributed by atoms with Gasteiger partial charge in [-0.2, -0.15) is 0 Å². The molecule has 4 nitrogen and oxygen atoms in total. The number of hydrogen-bond donors (Lipinski definition) is 2. The standard InChI is InChI=1S/C21H27ClN2O2/c1-12-17(22)4-3-5-18(12)24-19(25)13(2)23-20(26)21-9-14-6-15(10-21)8-16(7-14)11-21/h3-5,13-16H,6-11H2,1-2H3,(H,23,26)(H,24,25)/t13-,14?,15?,16?,21?/m0/s1. The molecule has 0 unspecified atom stereocenters. The number of hydrogen-bond acceptors (Lipinski definition) is 2. The van der Waals surface area contributed by atoms with Gasteiger partial charge in [-0.05, 0) is 87.8 Å². The molecule has 4 fully saturated rings. The van der Waals surface area contributed by atoms with E-state index in [-0.39, 0.29) is 17.2 Å². The van der Waals surface area contributed by atoms with E-state index < -0.39 is 6.04 Å². The predicted molar refractivity (Wildman–Crippen MR) is 103 cm³/mol. The zero-order chi connectivity index (χ0) is 18.5. The molecule has 4 bridgehead atoms. The van der Waals surface area contributed by atoms with Gasteiger partial charge in [0.05, 0.1) is 0 Å². The molecule has 2 N–H and O–H groups in total. The molecule has 2 amide bonds. The van der Waals surface area contributed by atoms with Crippen molar-refractivity contribution in [3.05, 3.63) is 28.8 Å². The minimum Gasteiger partial charge on any atom is -0.344 e. The van der Waals surface area contributed by atoms with Crippen molar-refractivity contribution in [2.75, 3.05) is 5.32 Å². The molecular formula is C21H27ClN2O2. The minimum atomic E-state index is -0.561. The first-order valence-electron chi connectivity index (χ1n) is 9.73. The lowest BCUT2D eigenvalue weighted by atomic mass is 9.49. The molecule has 5 rings (SSSR count). The van der Waals surface area contributed by atoms with Crippen molar-refractivity contribution < 1.29 is 9.59 Å². The molecule has 0 aliphatic heterocycles. The highest BCUT2D eigenvalue weighted by Crippen LogP contribution is 2.60. The van der Waals surface area contributed by atoms with E-state index >= 15 is 0 Å². The second-order valence-electron chi connectivity index (χ2n) is 8.79. The van der Waals surface area contributed by atoms with Crippen LogP contribution in [0.15, 0.2) is 18.2 Å². The van der Waals surface area contributed by atoms with Crippen molar-refractivity contribution in [1.82, 2.24) is 5.32 Å². The van der Waals surface area contributed by atoms with Crippen LogP contribution in [0.5, 0.6) is 0 Å². The molecule has 4 aliphatic rings. The van der Waals surface area contributed by atoms with Crippen molar-refractivity contribution in [2.24, 2.45) is 23.2 Å². The molecule has 0 heterocycles. The maximum absolute atomic E-state index is 13.1. The van der Waals surface area contributed by atoms with Gasteiger partial charge in [0, 0.05) is 16.1 Å². The van der Waals surface area contributed by atoms with Crippen LogP contribution >= 0.6 is 11.6 Å². The summed E-state index contributed by atoms with van der Waals surface area (Å²) in [7, 11) is 0. The SMILES string of the molecule is Cc1c(Cl)cccc1NC(=O)[C@H](C)NC(=O)C12CC3CC(CC(C3)C1)C2. The maximum Gasteiger partial charge on any atom is 0.246 e. The topological polar surface area (TPSA) is 58.2 Å². The number of anilines is 1. The third kappa shape index (κ3) is 3.13. The van der Waals surface area contributed by atoms with Crippen molar-refractivity contribution in [2.45, 2.75) is 58.4 Å². The smallest absolute Gasteiger partial charge is 0.246 e. The van der Waals surface area contributed by atoms with Crippen molar-refractivity contribution >= 4 is 29.1 Å². The van der Waals surface area contributed by atoms with E-state index in [1.165, 1.54) is 19.3 Å². The molecule has 0 aromatic heterocycles. The fraction of sp³-hybridized carbons (Fsp3) is 0.619. The van der Waals surface area contributed by atoms with Crippen molar-refractivity contribution in [1.29, 1.82) is 0 Å². The Morgan fingerprint density at radius 3 is 2.27 bits per heavy atom. The van der Waals surface area contributed by atoms with Crippen molar-refractivity contribution in [3.63, 3.8) is 0 Å². The van der Waals surface area contributed by atoms with Gasteiger partial charge in [0.2, 0.25) is 11.8 Å². The van der Waals surface area contributed by atoms with E-state index in [0.717, 1.165) is 24.8 Å². The summed E-state index contributed by atoms with van der Waals surface area (Å²) in [5.74, 6) is 2.02. The molecule has 26 heavy (non-hydrogen) atoms. The molecule has 0 saturated heterocycles. The van der Waals surface area contributed by atoms with Gasteiger partial charge in [-0.1, -0.05) is 17.7 Å². The Hall–Kier alpha value is -1.55. The molecule has 1 atom stereocenters. The number of carbonyl (C=O) groups excluding carboxylic acids is 2. The maximum atomic E-state index is 13.1. The van der Waals surface area contributed by atoms with E-state index in [2.05, 4.69) is 10.6 Å². The van der Waals surface area contributed by atoms with Crippen LogP contribution in [0.3, 0.4) is 0 Å². The van der Waals surface area contributed by atoms with Crippen LogP contribution in [0.1, 0.15) is 51.0 Å². The minimum absolute atomic E-state index is 0.0852. The Morgan fingerprint density at radius 2 is 1.69 bits per heavy atom. The van der Waals surface area contributed by atoms with Crippen LogP contribution in [0, 0.1) is 30.1 Å². The Balaban J connectivity index is 1.41. The predicted octanol–water partition coefficient (Wildman–Crippen LogP) is 4.31. The lowest BCUT2D eigenvalue weighted by Crippen LogP contribution is -2.56. The van der Waals surface area contributed by atoms with E-state index in [1.54, 1.807) is 13.0 Å². The number of amides is 2. The number of benzene rings is 1. The van der Waals surface area contributed by atoms with Gasteiger partial charge in [0.15, 0.2) is 0 Å². The molecule has 140 valence electrons. The van der Waals surface area contributed by atoms with Crippen LogP contribution < -0.4 is 10.6 Å². The second kappa shape index (κ2) is 6.56. The number of carbonyl (C=O) groups is 2. The first-order chi connectivity index (χ1) is 12.4. The van der Waals surface area contributed by atoms with E-state index in [9.17, 15) is 9.59 Å². The molecule has 0 spiro atoms. The summed E-state index contributed by atoms with van der Waals surface area (Å²) in [5.41, 5.74) is 1.30. The zero-order valence-electron chi connectivity index (χ0n) is 15.5. The summed E-state index contributed by atoms with van der Waals surface area (Å²) >= 11 is 6.12. The second-order valence-corrected chi connectivity index (χ2v) is 9.20. The third-order valence-electron chi connectivity index (χ3n) is 6.79. The summed E-state index contributed by atoms with van der Waals surface area (Å²) < 4.78 is 0. The summed E-state index contributed by atoms with van der Waals surface area (Å²) in [6.07, 6.45) is 6.93. The molecule has 5 heteroatoms. The summed E-state index contributed by atoms with van der Waals surface area (Å²) in [5, 5.41) is 6.52. The Morgan fingerprint density at radius 1 is 1.12 bits per heavy atom. The number of halogens is 1. The first kappa shape index (κ1) is 17.8. The number of rotatable bonds is 4. The van der Waals surface area contributed by atoms with Crippen LogP contribution in [0.2, 0.25) is 5.02 Å². The van der Waals surface area contributed by atoms with Crippen molar-refractivity contribution in [3.8, 4) is 0 Å². The summed E-state index contributed by atoms with van der Waals surface area (Å²) in [6, 6.07) is 4.87. The number of nitrogens with one attached hydrogen (secondary N) is 2. The highest BCUT2D eigenvalue weighted by atomic mass is 35.5. The van der Waals surface area contributed by atoms with Gasteiger partial charge >= 0.3 is 0 Å². The zero-order valence-corrected chi connectivity index (χ0v) is 16.2. The fourth-order valence-corrected chi connectivity index (χ4v) is 5.96. The third-order valence-corrected chi connectivity index (χ3v) is 7.20. The largest absolute Gasteiger partial charge is 0.344 e. The monoisotopic (exact) mass is 374 g/mol. The molecular weight excluding hydrogens is 348 g/mol. The molecule has 1 aromatic carbocycles. The summed E-state index contributed by atoms with van der Waals surface area (Å²) in [4.78, 5) is 25.6. The van der Waals surface area contributed by atoms with Gasteiger partial charge in [0.1, 0.15) is 6.04 Å². The van der Waals surface area contributed by atoms with E-state index in [0.29, 0.717) is 28.5 Å². The van der Waals surface area contributed by atoms with Gasteiger partial charge in [0.25, 0.3) is 0 Å². The van der Waals surface area contributed by atoms with E-state index in [4.69, 9.17) is 11.6 Å². The van der Waals surface area contributed by atoms with Gasteiger partial charge in [-0.15, -0.1) is 0 Å². The quantitative estimate of drug-likeness (QED) is 0.825. The Bertz CT molecular complexity index is 710. The first-order valence-corrected chi connectivity index (χ1v) is 10.1. The van der Waals surface area contributed by atoms with Crippen LogP contribution in [-0.4, -0.2) is 17.9 Å². The molecule has 0 radical (unpaired) electrons. The normalized spacial score (nSPS) is 33.0. The molecule has 4 aliphatic carbocycles. The average Bonchev–Trinajstić information content (AvgIpc) is 2.57. The van der Waals surface area contributed by atoms with Crippen LogP contribution in [-0.2, 0) is 9.59 Å². The van der Waals surface area contributed by atoms with Gasteiger partial charge in [-0.25, -0.2) is 0 Å². The highest BCUT2D eigenvalue weighted by Gasteiger charge is 2.54. The van der Waals surface area contributed by atoms with Gasteiger partial charge in [-0.3, -0.25) is 9.59 Å². The molecule has 1 aromatic rings. The fourth-order valence-electron chi connectivity index (χ4n) is 5.79. The average molecular weight is 375 g/mol. The lowest BCUT2D eigenvalue weighted by Gasteiger charge is -2.55. The van der Waals surface area contributed by atoms with Gasteiger partial charge < -0.3 is 10.6 Å². The Labute approximate surface area is 160 Å². The van der Waals surface area contributed by atoms with Crippen LogP contribution in [0.25, 0.3) is 0 Å².